The third-order valence-corrected chi connectivity index (χ3v) is 2.93. The number of nitrogens with one attached hydrogen (secondary N) is 1. The summed E-state index contributed by atoms with van der Waals surface area (Å²) in [5, 5.41) is 12.9. The molecule has 0 amide bonds. The van der Waals surface area contributed by atoms with Crippen LogP contribution in [-0.2, 0) is 6.42 Å². The van der Waals surface area contributed by atoms with E-state index in [4.69, 9.17) is 9.47 Å². The van der Waals surface area contributed by atoms with Gasteiger partial charge in [0.2, 0.25) is 0 Å². The second kappa shape index (κ2) is 6.78. The molecule has 4 heteroatoms. The predicted molar refractivity (Wildman–Crippen MR) is 77.2 cm³/mol. The van der Waals surface area contributed by atoms with Crippen molar-refractivity contribution in [3.05, 3.63) is 23.3 Å². The van der Waals surface area contributed by atoms with E-state index in [1.165, 1.54) is 0 Å². The first-order chi connectivity index (χ1) is 8.87. The summed E-state index contributed by atoms with van der Waals surface area (Å²) < 4.78 is 10.7. The number of rotatable bonds is 7. The summed E-state index contributed by atoms with van der Waals surface area (Å²) in [6.07, 6.45) is 0.829. The maximum absolute atomic E-state index is 9.63. The van der Waals surface area contributed by atoms with E-state index >= 15 is 0 Å². The quantitative estimate of drug-likeness (QED) is 0.741. The summed E-state index contributed by atoms with van der Waals surface area (Å²) >= 11 is 0. The zero-order valence-corrected chi connectivity index (χ0v) is 12.5. The third-order valence-electron chi connectivity index (χ3n) is 2.93. The summed E-state index contributed by atoms with van der Waals surface area (Å²) in [6.45, 7) is 6.92. The van der Waals surface area contributed by atoms with Gasteiger partial charge in [-0.25, -0.2) is 0 Å². The van der Waals surface area contributed by atoms with Crippen molar-refractivity contribution in [1.29, 1.82) is 0 Å². The molecule has 0 heterocycles. The fraction of sp³-hybridized carbons (Fsp3) is 0.600. The number of benzene rings is 1. The molecule has 0 aliphatic rings. The van der Waals surface area contributed by atoms with Crippen LogP contribution in [0, 0.1) is 6.92 Å². The first kappa shape index (κ1) is 15.8. The van der Waals surface area contributed by atoms with Gasteiger partial charge in [0.05, 0.1) is 19.8 Å². The van der Waals surface area contributed by atoms with Crippen LogP contribution in [0.25, 0.3) is 0 Å². The molecule has 1 aromatic rings. The van der Waals surface area contributed by atoms with Crippen molar-refractivity contribution in [2.45, 2.75) is 32.8 Å². The molecule has 19 heavy (non-hydrogen) atoms. The van der Waals surface area contributed by atoms with E-state index in [0.717, 1.165) is 35.6 Å². The molecule has 0 radical (unpaired) electrons. The normalized spacial score (nSPS) is 11.5. The minimum absolute atomic E-state index is 0.568. The molecule has 0 aromatic heterocycles. The van der Waals surface area contributed by atoms with E-state index < -0.39 is 5.60 Å². The lowest BCUT2D eigenvalue weighted by Crippen LogP contribution is -2.35. The largest absolute Gasteiger partial charge is 0.496 e. The lowest BCUT2D eigenvalue weighted by molar-refractivity contribution is 0.0801. The Kier molecular flexibility index (Phi) is 5.63. The van der Waals surface area contributed by atoms with Gasteiger partial charge >= 0.3 is 0 Å². The predicted octanol–water partition coefficient (Wildman–Crippen LogP) is 1.92. The van der Waals surface area contributed by atoms with Gasteiger partial charge in [0.15, 0.2) is 0 Å². The van der Waals surface area contributed by atoms with Crippen molar-refractivity contribution >= 4 is 0 Å². The number of aliphatic hydroxyl groups is 1. The monoisotopic (exact) mass is 267 g/mol. The van der Waals surface area contributed by atoms with Crippen LogP contribution >= 0.6 is 0 Å². The fourth-order valence-corrected chi connectivity index (χ4v) is 1.93. The number of ether oxygens (including phenoxy) is 2. The zero-order chi connectivity index (χ0) is 14.5. The molecule has 4 nitrogen and oxygen atoms in total. The van der Waals surface area contributed by atoms with E-state index in [9.17, 15) is 5.11 Å². The molecule has 0 aliphatic heterocycles. The molecule has 1 aromatic carbocycles. The Bertz CT molecular complexity index is 411. The highest BCUT2D eigenvalue weighted by molar-refractivity contribution is 5.46. The van der Waals surface area contributed by atoms with Crippen LogP contribution in [0.4, 0.5) is 0 Å². The topological polar surface area (TPSA) is 50.7 Å². The maximum Gasteiger partial charge on any atom is 0.122 e. The summed E-state index contributed by atoms with van der Waals surface area (Å²) in [6, 6.07) is 4.00. The van der Waals surface area contributed by atoms with Crippen molar-refractivity contribution in [3.8, 4) is 11.5 Å². The average molecular weight is 267 g/mol. The highest BCUT2D eigenvalue weighted by atomic mass is 16.5. The molecule has 0 fully saturated rings. The van der Waals surface area contributed by atoms with Gasteiger partial charge in [-0.05, 0) is 57.0 Å². The first-order valence-corrected chi connectivity index (χ1v) is 6.52. The van der Waals surface area contributed by atoms with Crippen molar-refractivity contribution in [1.82, 2.24) is 5.32 Å². The number of aryl methyl sites for hydroxylation is 1. The third kappa shape index (κ3) is 5.09. The highest BCUT2D eigenvalue weighted by Gasteiger charge is 2.12. The Balaban J connectivity index is 2.66. The second-order valence-corrected chi connectivity index (χ2v) is 5.37. The van der Waals surface area contributed by atoms with Crippen LogP contribution < -0.4 is 14.8 Å². The molecule has 2 N–H and O–H groups in total. The summed E-state index contributed by atoms with van der Waals surface area (Å²) in [5.74, 6) is 1.75. The molecule has 0 atom stereocenters. The van der Waals surface area contributed by atoms with E-state index in [0.29, 0.717) is 6.54 Å². The lowest BCUT2D eigenvalue weighted by Gasteiger charge is -2.18. The van der Waals surface area contributed by atoms with Gasteiger partial charge in [-0.2, -0.15) is 0 Å². The smallest absolute Gasteiger partial charge is 0.122 e. The zero-order valence-electron chi connectivity index (χ0n) is 12.5. The second-order valence-electron chi connectivity index (χ2n) is 5.37. The standard InChI is InChI=1S/C15H25NO3/c1-11-8-14(19-5)12(9-13(11)18-4)6-7-16-10-15(2,3)17/h8-9,16-17H,6-7,10H2,1-5H3. The van der Waals surface area contributed by atoms with Gasteiger partial charge in [-0.3, -0.25) is 0 Å². The van der Waals surface area contributed by atoms with Gasteiger partial charge in [0, 0.05) is 6.54 Å². The summed E-state index contributed by atoms with van der Waals surface area (Å²) in [7, 11) is 3.35. The molecule has 0 spiro atoms. The molecule has 1 rings (SSSR count). The van der Waals surface area contributed by atoms with E-state index in [1.807, 2.05) is 19.1 Å². The van der Waals surface area contributed by atoms with Crippen molar-refractivity contribution in [3.63, 3.8) is 0 Å². The van der Waals surface area contributed by atoms with Gasteiger partial charge in [-0.15, -0.1) is 0 Å². The number of methoxy groups -OCH3 is 2. The van der Waals surface area contributed by atoms with E-state index in [-0.39, 0.29) is 0 Å². The van der Waals surface area contributed by atoms with Crippen LogP contribution in [0.2, 0.25) is 0 Å². The highest BCUT2D eigenvalue weighted by Crippen LogP contribution is 2.28. The van der Waals surface area contributed by atoms with Crippen molar-refractivity contribution < 1.29 is 14.6 Å². The summed E-state index contributed by atoms with van der Waals surface area (Å²) in [4.78, 5) is 0. The molecule has 108 valence electrons. The Morgan fingerprint density at radius 2 is 1.79 bits per heavy atom. The Morgan fingerprint density at radius 3 is 2.32 bits per heavy atom. The van der Waals surface area contributed by atoms with Crippen LogP contribution in [0.3, 0.4) is 0 Å². The Hall–Kier alpha value is -1.26. The minimum Gasteiger partial charge on any atom is -0.496 e. The lowest BCUT2D eigenvalue weighted by atomic mass is 10.1. The van der Waals surface area contributed by atoms with Crippen LogP contribution in [0.5, 0.6) is 11.5 Å². The number of hydrogen-bond acceptors (Lipinski definition) is 4. The first-order valence-electron chi connectivity index (χ1n) is 6.52. The van der Waals surface area contributed by atoms with Crippen molar-refractivity contribution in [2.75, 3.05) is 27.3 Å². The molecule has 0 saturated heterocycles. The van der Waals surface area contributed by atoms with Crippen LogP contribution in [0.1, 0.15) is 25.0 Å². The summed E-state index contributed by atoms with van der Waals surface area (Å²) in [5.41, 5.74) is 1.48. The SMILES string of the molecule is COc1cc(CCNCC(C)(C)O)c(OC)cc1C. The Morgan fingerprint density at radius 1 is 1.16 bits per heavy atom. The molecule has 0 saturated carbocycles. The molecule has 0 bridgehead atoms. The Labute approximate surface area is 115 Å². The molecular formula is C15H25NO3. The van der Waals surface area contributed by atoms with Gasteiger partial charge < -0.3 is 19.9 Å². The van der Waals surface area contributed by atoms with Gasteiger partial charge in [-0.1, -0.05) is 0 Å². The van der Waals surface area contributed by atoms with E-state index in [1.54, 1.807) is 28.1 Å². The van der Waals surface area contributed by atoms with Gasteiger partial charge in [0.1, 0.15) is 11.5 Å². The van der Waals surface area contributed by atoms with E-state index in [2.05, 4.69) is 5.32 Å². The van der Waals surface area contributed by atoms with Crippen LogP contribution in [-0.4, -0.2) is 38.0 Å². The van der Waals surface area contributed by atoms with Gasteiger partial charge in [0.25, 0.3) is 0 Å². The molecule has 0 aliphatic carbocycles. The van der Waals surface area contributed by atoms with Crippen molar-refractivity contribution in [2.24, 2.45) is 0 Å². The molecule has 0 unspecified atom stereocenters. The molecular weight excluding hydrogens is 242 g/mol. The number of hydrogen-bond donors (Lipinski definition) is 2. The average Bonchev–Trinajstić information content (AvgIpc) is 2.34. The fourth-order valence-electron chi connectivity index (χ4n) is 1.93. The van der Waals surface area contributed by atoms with Crippen LogP contribution in [0.15, 0.2) is 12.1 Å². The minimum atomic E-state index is -0.685. The maximum atomic E-state index is 9.63.